The summed E-state index contributed by atoms with van der Waals surface area (Å²) in [5, 5.41) is 3.54. The molecule has 0 bridgehead atoms. The molecule has 2 nitrogen and oxygen atoms in total. The number of likely N-dealkylation sites (tertiary alicyclic amines) is 1. The number of hydrogen-bond acceptors (Lipinski definition) is 2. The number of hydrogen-bond donors (Lipinski definition) is 1. The lowest BCUT2D eigenvalue weighted by Gasteiger charge is -2.28. The molecule has 2 heteroatoms. The Hall–Kier alpha value is -1.02. The van der Waals surface area contributed by atoms with E-state index in [9.17, 15) is 0 Å². The van der Waals surface area contributed by atoms with Gasteiger partial charge in [-0.3, -0.25) is 0 Å². The molecule has 1 N–H and O–H groups in total. The van der Waals surface area contributed by atoms with Gasteiger partial charge in [0.05, 0.1) is 0 Å². The highest BCUT2D eigenvalue weighted by Crippen LogP contribution is 2.33. The first-order valence-electron chi connectivity index (χ1n) is 7.91. The normalized spacial score (nSPS) is 27.6. The molecule has 3 rings (SSSR count). The van der Waals surface area contributed by atoms with Gasteiger partial charge < -0.3 is 10.2 Å². The van der Waals surface area contributed by atoms with Gasteiger partial charge in [-0.15, -0.1) is 0 Å². The highest BCUT2D eigenvalue weighted by molar-refractivity contribution is 5.57. The fourth-order valence-electron chi connectivity index (χ4n) is 3.60. The molecule has 19 heavy (non-hydrogen) atoms. The summed E-state index contributed by atoms with van der Waals surface area (Å²) in [5.41, 5.74) is 2.89. The maximum atomic E-state index is 3.54. The standard InChI is InChI=1S/C17H26N2/c1-14-7-3-2-6-11-19(14)12-10-15-13-18-17-9-5-4-8-16(15)17/h4-5,8-9,14-15,18H,2-3,6-7,10-13H2,1H3. The fraction of sp³-hybridized carbons (Fsp3) is 0.647. The highest BCUT2D eigenvalue weighted by atomic mass is 15.1. The minimum Gasteiger partial charge on any atom is -0.384 e. The number of anilines is 1. The first-order chi connectivity index (χ1) is 9.34. The molecule has 1 aromatic rings. The minimum absolute atomic E-state index is 0.714. The molecule has 0 spiro atoms. The molecule has 1 saturated heterocycles. The molecule has 2 unspecified atom stereocenters. The van der Waals surface area contributed by atoms with Crippen molar-refractivity contribution in [3.05, 3.63) is 29.8 Å². The second kappa shape index (κ2) is 5.96. The molecule has 0 amide bonds. The quantitative estimate of drug-likeness (QED) is 0.886. The zero-order valence-electron chi connectivity index (χ0n) is 12.1. The molecule has 0 aromatic heterocycles. The molecule has 2 aliphatic rings. The molecule has 0 radical (unpaired) electrons. The van der Waals surface area contributed by atoms with Crippen molar-refractivity contribution < 1.29 is 0 Å². The number of para-hydroxylation sites is 1. The molecule has 104 valence electrons. The monoisotopic (exact) mass is 258 g/mol. The molecule has 1 aromatic carbocycles. The fourth-order valence-corrected chi connectivity index (χ4v) is 3.60. The van der Waals surface area contributed by atoms with E-state index in [0.717, 1.165) is 12.6 Å². The van der Waals surface area contributed by atoms with Crippen LogP contribution in [0.2, 0.25) is 0 Å². The van der Waals surface area contributed by atoms with Crippen molar-refractivity contribution in [3.63, 3.8) is 0 Å². The van der Waals surface area contributed by atoms with Gasteiger partial charge in [-0.05, 0) is 50.9 Å². The summed E-state index contributed by atoms with van der Waals surface area (Å²) in [7, 11) is 0. The Bertz CT molecular complexity index is 415. The van der Waals surface area contributed by atoms with Crippen LogP contribution in [0.5, 0.6) is 0 Å². The molecule has 0 saturated carbocycles. The lowest BCUT2D eigenvalue weighted by Crippen LogP contribution is -2.34. The van der Waals surface area contributed by atoms with E-state index >= 15 is 0 Å². The van der Waals surface area contributed by atoms with Crippen LogP contribution in [0.15, 0.2) is 24.3 Å². The Balaban J connectivity index is 1.58. The summed E-state index contributed by atoms with van der Waals surface area (Å²) in [4.78, 5) is 2.72. The van der Waals surface area contributed by atoms with Crippen LogP contribution in [-0.2, 0) is 0 Å². The molecule has 1 fully saturated rings. The van der Waals surface area contributed by atoms with Gasteiger partial charge in [0, 0.05) is 24.2 Å². The Labute approximate surface area is 117 Å². The van der Waals surface area contributed by atoms with E-state index in [4.69, 9.17) is 0 Å². The number of fused-ring (bicyclic) bond motifs is 1. The number of nitrogens with one attached hydrogen (secondary N) is 1. The summed E-state index contributed by atoms with van der Waals surface area (Å²) in [6.45, 7) is 6.11. The zero-order chi connectivity index (χ0) is 13.1. The Morgan fingerprint density at radius 3 is 3.05 bits per heavy atom. The van der Waals surface area contributed by atoms with E-state index in [1.54, 1.807) is 0 Å². The van der Waals surface area contributed by atoms with Crippen LogP contribution in [0, 0.1) is 0 Å². The van der Waals surface area contributed by atoms with Crippen LogP contribution in [0.25, 0.3) is 0 Å². The smallest absolute Gasteiger partial charge is 0.0376 e. The molecular weight excluding hydrogens is 232 g/mol. The Kier molecular flexibility index (Phi) is 4.07. The van der Waals surface area contributed by atoms with E-state index in [2.05, 4.69) is 41.4 Å². The second-order valence-electron chi connectivity index (χ2n) is 6.19. The van der Waals surface area contributed by atoms with Crippen LogP contribution >= 0.6 is 0 Å². The predicted molar refractivity (Wildman–Crippen MR) is 81.8 cm³/mol. The van der Waals surface area contributed by atoms with Crippen molar-refractivity contribution in [1.82, 2.24) is 4.90 Å². The summed E-state index contributed by atoms with van der Waals surface area (Å²) in [6, 6.07) is 9.60. The predicted octanol–water partition coefficient (Wildman–Crippen LogP) is 3.85. The number of benzene rings is 1. The second-order valence-corrected chi connectivity index (χ2v) is 6.19. The van der Waals surface area contributed by atoms with E-state index in [1.165, 1.54) is 56.4 Å². The van der Waals surface area contributed by atoms with Crippen LogP contribution in [0.3, 0.4) is 0 Å². The van der Waals surface area contributed by atoms with Crippen molar-refractivity contribution >= 4 is 5.69 Å². The maximum absolute atomic E-state index is 3.54. The van der Waals surface area contributed by atoms with Gasteiger partial charge >= 0.3 is 0 Å². The number of nitrogens with zero attached hydrogens (tertiary/aromatic N) is 1. The van der Waals surface area contributed by atoms with Gasteiger partial charge in [-0.25, -0.2) is 0 Å². The van der Waals surface area contributed by atoms with E-state index < -0.39 is 0 Å². The third-order valence-electron chi connectivity index (χ3n) is 4.89. The van der Waals surface area contributed by atoms with Crippen molar-refractivity contribution in [1.29, 1.82) is 0 Å². The van der Waals surface area contributed by atoms with Gasteiger partial charge in [0.1, 0.15) is 0 Å². The highest BCUT2D eigenvalue weighted by Gasteiger charge is 2.23. The molecule has 2 heterocycles. The number of rotatable bonds is 3. The van der Waals surface area contributed by atoms with E-state index in [1.807, 2.05) is 0 Å². The average molecular weight is 258 g/mol. The largest absolute Gasteiger partial charge is 0.384 e. The van der Waals surface area contributed by atoms with Crippen LogP contribution in [0.1, 0.15) is 50.5 Å². The van der Waals surface area contributed by atoms with Crippen LogP contribution in [0.4, 0.5) is 5.69 Å². The third-order valence-corrected chi connectivity index (χ3v) is 4.89. The summed E-state index contributed by atoms with van der Waals surface area (Å²) in [5.74, 6) is 0.714. The third kappa shape index (κ3) is 2.94. The van der Waals surface area contributed by atoms with E-state index in [0.29, 0.717) is 5.92 Å². The summed E-state index contributed by atoms with van der Waals surface area (Å²) in [6.07, 6.45) is 6.93. The van der Waals surface area contributed by atoms with Gasteiger partial charge in [0.2, 0.25) is 0 Å². The maximum Gasteiger partial charge on any atom is 0.0376 e. The first kappa shape index (κ1) is 13.0. The lowest BCUT2D eigenvalue weighted by atomic mass is 9.97. The van der Waals surface area contributed by atoms with Gasteiger partial charge in [0.25, 0.3) is 0 Å². The SMILES string of the molecule is CC1CCCCCN1CCC1CNc2ccccc21. The van der Waals surface area contributed by atoms with Gasteiger partial charge in [0.15, 0.2) is 0 Å². The molecular formula is C17H26N2. The lowest BCUT2D eigenvalue weighted by molar-refractivity contribution is 0.207. The van der Waals surface area contributed by atoms with Crippen LogP contribution < -0.4 is 5.32 Å². The van der Waals surface area contributed by atoms with Crippen molar-refractivity contribution in [2.75, 3.05) is 25.0 Å². The first-order valence-corrected chi connectivity index (χ1v) is 7.91. The molecule has 0 aliphatic carbocycles. The van der Waals surface area contributed by atoms with Gasteiger partial charge in [-0.1, -0.05) is 31.0 Å². The Morgan fingerprint density at radius 2 is 2.11 bits per heavy atom. The summed E-state index contributed by atoms with van der Waals surface area (Å²) < 4.78 is 0. The Morgan fingerprint density at radius 1 is 1.21 bits per heavy atom. The van der Waals surface area contributed by atoms with Crippen molar-refractivity contribution in [2.24, 2.45) is 0 Å². The summed E-state index contributed by atoms with van der Waals surface area (Å²) >= 11 is 0. The van der Waals surface area contributed by atoms with Crippen molar-refractivity contribution in [3.8, 4) is 0 Å². The van der Waals surface area contributed by atoms with Crippen LogP contribution in [-0.4, -0.2) is 30.6 Å². The van der Waals surface area contributed by atoms with E-state index in [-0.39, 0.29) is 0 Å². The van der Waals surface area contributed by atoms with Crippen molar-refractivity contribution in [2.45, 2.75) is 51.0 Å². The molecule has 2 aliphatic heterocycles. The van der Waals surface area contributed by atoms with Gasteiger partial charge in [-0.2, -0.15) is 0 Å². The zero-order valence-corrected chi connectivity index (χ0v) is 12.1. The minimum atomic E-state index is 0.714. The molecule has 2 atom stereocenters. The topological polar surface area (TPSA) is 15.3 Å². The average Bonchev–Trinajstić information content (AvgIpc) is 2.73.